The summed E-state index contributed by atoms with van der Waals surface area (Å²) in [6.07, 6.45) is 0. The number of benzene rings is 1. The molecule has 2 rings (SSSR count). The van der Waals surface area contributed by atoms with Crippen LogP contribution in [0.4, 0.5) is 0 Å². The summed E-state index contributed by atoms with van der Waals surface area (Å²) in [5.41, 5.74) is 5.73. The fourth-order valence-corrected chi connectivity index (χ4v) is 1.94. The van der Waals surface area contributed by atoms with Crippen LogP contribution in [0.25, 0.3) is 0 Å². The number of rotatable bonds is 1. The van der Waals surface area contributed by atoms with Crippen molar-refractivity contribution in [2.45, 2.75) is 19.4 Å². The SMILES string of the molecule is CC(C)(N)c1c(O)c(Cl)cc2c1OCCO2. The average molecular weight is 244 g/mol. The summed E-state index contributed by atoms with van der Waals surface area (Å²) in [7, 11) is 0. The highest BCUT2D eigenvalue weighted by Crippen LogP contribution is 2.47. The Balaban J connectivity index is 2.69. The summed E-state index contributed by atoms with van der Waals surface area (Å²) in [4.78, 5) is 0. The zero-order valence-electron chi connectivity index (χ0n) is 9.21. The maximum Gasteiger partial charge on any atom is 0.170 e. The lowest BCUT2D eigenvalue weighted by atomic mass is 9.93. The maximum atomic E-state index is 9.94. The summed E-state index contributed by atoms with van der Waals surface area (Å²) in [6, 6.07) is 1.54. The van der Waals surface area contributed by atoms with Crippen molar-refractivity contribution in [3.05, 3.63) is 16.7 Å². The highest BCUT2D eigenvalue weighted by molar-refractivity contribution is 6.32. The van der Waals surface area contributed by atoms with Crippen molar-refractivity contribution in [2.75, 3.05) is 13.2 Å². The van der Waals surface area contributed by atoms with E-state index in [2.05, 4.69) is 0 Å². The van der Waals surface area contributed by atoms with Gasteiger partial charge >= 0.3 is 0 Å². The van der Waals surface area contributed by atoms with Crippen LogP contribution >= 0.6 is 11.6 Å². The Morgan fingerprint density at radius 3 is 2.62 bits per heavy atom. The predicted molar refractivity (Wildman–Crippen MR) is 61.3 cm³/mol. The minimum Gasteiger partial charge on any atom is -0.506 e. The molecule has 1 heterocycles. The molecule has 1 aliphatic rings. The first-order chi connectivity index (χ1) is 7.41. The van der Waals surface area contributed by atoms with Crippen LogP contribution < -0.4 is 15.2 Å². The minimum atomic E-state index is -0.750. The molecular formula is C11H14ClNO3. The van der Waals surface area contributed by atoms with Gasteiger partial charge in [-0.05, 0) is 13.8 Å². The van der Waals surface area contributed by atoms with E-state index in [0.717, 1.165) is 0 Å². The summed E-state index contributed by atoms with van der Waals surface area (Å²) in [5.74, 6) is 0.974. The van der Waals surface area contributed by atoms with Crippen LogP contribution in [0.15, 0.2) is 6.07 Å². The van der Waals surface area contributed by atoms with Crippen molar-refractivity contribution in [1.29, 1.82) is 0 Å². The number of hydrogen-bond acceptors (Lipinski definition) is 4. The zero-order valence-corrected chi connectivity index (χ0v) is 9.97. The van der Waals surface area contributed by atoms with Crippen LogP contribution in [0.2, 0.25) is 5.02 Å². The van der Waals surface area contributed by atoms with Crippen LogP contribution in [0.5, 0.6) is 17.2 Å². The highest BCUT2D eigenvalue weighted by Gasteiger charge is 2.30. The van der Waals surface area contributed by atoms with Crippen molar-refractivity contribution in [1.82, 2.24) is 0 Å². The standard InChI is InChI=1S/C11H14ClNO3/c1-11(2,13)8-9(14)6(12)5-7-10(8)16-4-3-15-7/h5,14H,3-4,13H2,1-2H3. The quantitative estimate of drug-likeness (QED) is 0.792. The van der Waals surface area contributed by atoms with Crippen molar-refractivity contribution >= 4 is 11.6 Å². The molecule has 0 saturated heterocycles. The van der Waals surface area contributed by atoms with Gasteiger partial charge in [0.05, 0.1) is 10.6 Å². The zero-order chi connectivity index (χ0) is 11.9. The van der Waals surface area contributed by atoms with Gasteiger partial charge in [-0.25, -0.2) is 0 Å². The van der Waals surface area contributed by atoms with E-state index in [1.165, 1.54) is 0 Å². The van der Waals surface area contributed by atoms with Gasteiger partial charge in [0.15, 0.2) is 11.5 Å². The molecule has 0 amide bonds. The van der Waals surface area contributed by atoms with Crippen LogP contribution in [-0.4, -0.2) is 18.3 Å². The van der Waals surface area contributed by atoms with E-state index in [4.69, 9.17) is 26.8 Å². The Morgan fingerprint density at radius 1 is 1.38 bits per heavy atom. The summed E-state index contributed by atoms with van der Waals surface area (Å²) in [5, 5.41) is 10.2. The molecule has 88 valence electrons. The highest BCUT2D eigenvalue weighted by atomic mass is 35.5. The Bertz CT molecular complexity index is 426. The number of phenols is 1. The average Bonchev–Trinajstić information content (AvgIpc) is 2.17. The van der Waals surface area contributed by atoms with Crippen LogP contribution in [0.3, 0.4) is 0 Å². The van der Waals surface area contributed by atoms with Gasteiger partial charge in [0.1, 0.15) is 19.0 Å². The molecular weight excluding hydrogens is 230 g/mol. The largest absolute Gasteiger partial charge is 0.506 e. The molecule has 0 bridgehead atoms. The first-order valence-electron chi connectivity index (χ1n) is 5.01. The minimum absolute atomic E-state index is 0.0431. The van der Waals surface area contributed by atoms with Gasteiger partial charge in [0.25, 0.3) is 0 Å². The molecule has 0 spiro atoms. The second-order valence-electron chi connectivity index (χ2n) is 4.33. The third-order valence-electron chi connectivity index (χ3n) is 2.40. The molecule has 16 heavy (non-hydrogen) atoms. The molecule has 1 aromatic rings. The van der Waals surface area contributed by atoms with Crippen molar-refractivity contribution in [3.8, 4) is 17.2 Å². The van der Waals surface area contributed by atoms with Crippen LogP contribution in [-0.2, 0) is 5.54 Å². The van der Waals surface area contributed by atoms with Gasteiger partial charge in [-0.3, -0.25) is 0 Å². The van der Waals surface area contributed by atoms with Gasteiger partial charge in [0.2, 0.25) is 0 Å². The number of hydrogen-bond donors (Lipinski definition) is 2. The topological polar surface area (TPSA) is 64.7 Å². The molecule has 5 heteroatoms. The molecule has 0 unspecified atom stereocenters. The lowest BCUT2D eigenvalue weighted by Crippen LogP contribution is -2.31. The normalized spacial score (nSPS) is 15.0. The first kappa shape index (κ1) is 11.4. The molecule has 3 N–H and O–H groups in total. The molecule has 1 aliphatic heterocycles. The lowest BCUT2D eigenvalue weighted by molar-refractivity contribution is 0.166. The fraction of sp³-hybridized carbons (Fsp3) is 0.455. The van der Waals surface area contributed by atoms with E-state index in [9.17, 15) is 5.11 Å². The first-order valence-corrected chi connectivity index (χ1v) is 5.39. The molecule has 0 atom stereocenters. The Hall–Kier alpha value is -1.13. The molecule has 4 nitrogen and oxygen atoms in total. The number of aromatic hydroxyl groups is 1. The number of ether oxygens (including phenoxy) is 2. The molecule has 0 radical (unpaired) electrons. The summed E-state index contributed by atoms with van der Waals surface area (Å²) >= 11 is 5.92. The van der Waals surface area contributed by atoms with Crippen LogP contribution in [0.1, 0.15) is 19.4 Å². The van der Waals surface area contributed by atoms with Gasteiger partial charge < -0.3 is 20.3 Å². The predicted octanol–water partition coefficient (Wildman–Crippen LogP) is 2.01. The second-order valence-corrected chi connectivity index (χ2v) is 4.74. The molecule has 0 saturated carbocycles. The molecule has 1 aromatic carbocycles. The summed E-state index contributed by atoms with van der Waals surface area (Å²) in [6.45, 7) is 4.46. The number of halogens is 1. The molecule has 0 aromatic heterocycles. The monoisotopic (exact) mass is 243 g/mol. The van der Waals surface area contributed by atoms with Gasteiger partial charge in [-0.15, -0.1) is 0 Å². The Labute approximate surface area is 98.9 Å². The van der Waals surface area contributed by atoms with E-state index >= 15 is 0 Å². The number of phenolic OH excluding ortho intramolecular Hbond substituents is 1. The Morgan fingerprint density at radius 2 is 2.00 bits per heavy atom. The third kappa shape index (κ3) is 1.79. The van der Waals surface area contributed by atoms with Gasteiger partial charge in [-0.1, -0.05) is 11.6 Å². The van der Waals surface area contributed by atoms with E-state index in [1.807, 2.05) is 0 Å². The lowest BCUT2D eigenvalue weighted by Gasteiger charge is -2.28. The van der Waals surface area contributed by atoms with Gasteiger partial charge in [0, 0.05) is 11.6 Å². The molecule has 0 fully saturated rings. The van der Waals surface area contributed by atoms with E-state index < -0.39 is 5.54 Å². The maximum absolute atomic E-state index is 9.94. The van der Waals surface area contributed by atoms with Gasteiger partial charge in [-0.2, -0.15) is 0 Å². The van der Waals surface area contributed by atoms with E-state index in [1.54, 1.807) is 19.9 Å². The smallest absolute Gasteiger partial charge is 0.170 e. The van der Waals surface area contributed by atoms with Crippen molar-refractivity contribution in [3.63, 3.8) is 0 Å². The summed E-state index contributed by atoms with van der Waals surface area (Å²) < 4.78 is 10.9. The van der Waals surface area contributed by atoms with E-state index in [0.29, 0.717) is 30.3 Å². The number of nitrogens with two attached hydrogens (primary N) is 1. The van der Waals surface area contributed by atoms with Crippen molar-refractivity contribution in [2.24, 2.45) is 5.73 Å². The fourth-order valence-electron chi connectivity index (χ4n) is 1.74. The third-order valence-corrected chi connectivity index (χ3v) is 2.69. The molecule has 0 aliphatic carbocycles. The van der Waals surface area contributed by atoms with E-state index in [-0.39, 0.29) is 10.8 Å². The van der Waals surface area contributed by atoms with Crippen molar-refractivity contribution < 1.29 is 14.6 Å². The second kappa shape index (κ2) is 3.71. The number of fused-ring (bicyclic) bond motifs is 1. The van der Waals surface area contributed by atoms with Crippen LogP contribution in [0, 0.1) is 0 Å². The Kier molecular flexibility index (Phi) is 2.64.